The molecule has 0 unspecified atom stereocenters. The second kappa shape index (κ2) is 15.4. The van der Waals surface area contributed by atoms with Gasteiger partial charge in [0.15, 0.2) is 11.6 Å². The molecule has 0 spiro atoms. The third-order valence-electron chi connectivity index (χ3n) is 5.38. The lowest BCUT2D eigenvalue weighted by Crippen LogP contribution is -2.41. The number of carbonyl (C=O) groups is 3. The molecule has 9 heteroatoms. The second-order valence-electron chi connectivity index (χ2n) is 8.28. The highest BCUT2D eigenvalue weighted by Crippen LogP contribution is 2.12. The zero-order valence-corrected chi connectivity index (χ0v) is 19.2. The van der Waals surface area contributed by atoms with Crippen LogP contribution in [0.15, 0.2) is 0 Å². The van der Waals surface area contributed by atoms with Crippen molar-refractivity contribution in [1.82, 2.24) is 14.7 Å². The van der Waals surface area contributed by atoms with Crippen molar-refractivity contribution in [2.24, 2.45) is 5.92 Å². The maximum absolute atomic E-state index is 12.2. The molecule has 0 aliphatic carbocycles. The molecule has 0 aromatic carbocycles. The number of hydrogen-bond donors (Lipinski definition) is 3. The first-order valence-corrected chi connectivity index (χ1v) is 10.7. The average molecular weight is 432 g/mol. The van der Waals surface area contributed by atoms with Crippen LogP contribution in [0, 0.1) is 5.92 Å². The number of carbonyl (C=O) groups excluding carboxylic acids is 2. The van der Waals surface area contributed by atoms with Gasteiger partial charge in [-0.05, 0) is 40.0 Å². The van der Waals surface area contributed by atoms with Gasteiger partial charge in [0.25, 0.3) is 0 Å². The molecule has 0 amide bonds. The molecule has 0 radical (unpaired) electrons. The summed E-state index contributed by atoms with van der Waals surface area (Å²) in [7, 11) is 5.18. The predicted octanol–water partition coefficient (Wildman–Crippen LogP) is -0.0572. The second-order valence-corrected chi connectivity index (χ2v) is 8.28. The molecule has 0 rings (SSSR count). The number of aliphatic hydroxyl groups is 2. The van der Waals surface area contributed by atoms with Crippen molar-refractivity contribution in [3.8, 4) is 0 Å². The van der Waals surface area contributed by atoms with Crippen LogP contribution in [0.4, 0.5) is 0 Å². The van der Waals surface area contributed by atoms with Gasteiger partial charge in [-0.1, -0.05) is 26.7 Å². The maximum atomic E-state index is 12.2. The van der Waals surface area contributed by atoms with Gasteiger partial charge in [0.1, 0.15) is 12.2 Å². The Balaban J connectivity index is 4.30. The molecule has 0 saturated heterocycles. The highest BCUT2D eigenvalue weighted by atomic mass is 16.4. The van der Waals surface area contributed by atoms with Crippen LogP contribution in [0.2, 0.25) is 0 Å². The van der Waals surface area contributed by atoms with E-state index in [1.54, 1.807) is 23.9 Å². The minimum absolute atomic E-state index is 0.0433. The van der Waals surface area contributed by atoms with E-state index in [1.807, 2.05) is 11.9 Å². The fourth-order valence-corrected chi connectivity index (χ4v) is 3.13. The van der Waals surface area contributed by atoms with E-state index in [0.717, 1.165) is 25.8 Å². The van der Waals surface area contributed by atoms with Gasteiger partial charge >= 0.3 is 5.97 Å². The molecular formula is C21H41N3O6. The molecule has 0 saturated carbocycles. The van der Waals surface area contributed by atoms with Gasteiger partial charge in [0.05, 0.1) is 19.6 Å². The molecule has 2 atom stereocenters. The molecule has 0 heterocycles. The minimum Gasteiger partial charge on any atom is -0.480 e. The number of hydrogen-bond acceptors (Lipinski definition) is 8. The average Bonchev–Trinajstić information content (AvgIpc) is 2.66. The molecule has 0 aliphatic rings. The van der Waals surface area contributed by atoms with Crippen molar-refractivity contribution in [1.29, 1.82) is 0 Å². The fourth-order valence-electron chi connectivity index (χ4n) is 3.13. The van der Waals surface area contributed by atoms with E-state index in [1.165, 1.54) is 0 Å². The van der Waals surface area contributed by atoms with E-state index in [2.05, 4.69) is 13.8 Å². The number of carboxylic acid groups (broad SMARTS) is 1. The first kappa shape index (κ1) is 28.6. The summed E-state index contributed by atoms with van der Waals surface area (Å²) in [5, 5.41) is 28.9. The molecule has 30 heavy (non-hydrogen) atoms. The summed E-state index contributed by atoms with van der Waals surface area (Å²) in [6.07, 6.45) is 0.0655. The highest BCUT2D eigenvalue weighted by molar-refractivity contribution is 5.88. The summed E-state index contributed by atoms with van der Waals surface area (Å²) in [6, 6.07) is 0. The zero-order valence-electron chi connectivity index (χ0n) is 19.2. The molecule has 0 fully saturated rings. The van der Waals surface area contributed by atoms with Crippen LogP contribution in [-0.2, 0) is 14.4 Å². The van der Waals surface area contributed by atoms with E-state index in [0.29, 0.717) is 19.0 Å². The van der Waals surface area contributed by atoms with Gasteiger partial charge in [-0.3, -0.25) is 29.1 Å². The lowest BCUT2D eigenvalue weighted by molar-refractivity contribution is -0.138. The largest absolute Gasteiger partial charge is 0.480 e. The molecule has 9 nitrogen and oxygen atoms in total. The Bertz CT molecular complexity index is 527. The van der Waals surface area contributed by atoms with E-state index < -0.39 is 29.7 Å². The molecule has 0 aromatic rings. The number of aliphatic hydroxyl groups excluding tert-OH is 2. The number of likely N-dealkylation sites (N-methyl/N-ethyl adjacent to an activating group) is 3. The normalized spacial score (nSPS) is 14.0. The number of carboxylic acids is 1. The lowest BCUT2D eigenvalue weighted by Gasteiger charge is -2.23. The monoisotopic (exact) mass is 431 g/mol. The van der Waals surface area contributed by atoms with Crippen LogP contribution < -0.4 is 0 Å². The predicted molar refractivity (Wildman–Crippen MR) is 115 cm³/mol. The Morgan fingerprint density at radius 3 is 1.53 bits per heavy atom. The minimum atomic E-state index is -1.42. The van der Waals surface area contributed by atoms with Gasteiger partial charge < -0.3 is 15.3 Å². The molecule has 176 valence electrons. The van der Waals surface area contributed by atoms with Crippen LogP contribution in [0.1, 0.15) is 39.5 Å². The SMILES string of the molecule is CCC(CC)CCN(C)CC(=O)[C@@H](O)C[C@@H](O)C(=O)CN(C)CCN(C)CC(=O)O. The smallest absolute Gasteiger partial charge is 0.317 e. The first-order valence-electron chi connectivity index (χ1n) is 10.7. The summed E-state index contributed by atoms with van der Waals surface area (Å²) in [4.78, 5) is 40.2. The van der Waals surface area contributed by atoms with Gasteiger partial charge in [-0.25, -0.2) is 0 Å². The van der Waals surface area contributed by atoms with Crippen molar-refractivity contribution in [2.45, 2.75) is 51.7 Å². The Morgan fingerprint density at radius 2 is 1.13 bits per heavy atom. The van der Waals surface area contributed by atoms with Crippen LogP contribution in [-0.4, -0.2) is 120 Å². The number of nitrogens with zero attached hydrogens (tertiary/aromatic N) is 3. The summed E-state index contributed by atoms with van der Waals surface area (Å²) in [5.74, 6) is -1.19. The Morgan fingerprint density at radius 1 is 0.733 bits per heavy atom. The van der Waals surface area contributed by atoms with Crippen LogP contribution in [0.3, 0.4) is 0 Å². The van der Waals surface area contributed by atoms with Crippen molar-refractivity contribution in [3.63, 3.8) is 0 Å². The quantitative estimate of drug-likeness (QED) is 0.274. The number of ketones is 2. The van der Waals surface area contributed by atoms with Gasteiger partial charge in [0.2, 0.25) is 0 Å². The lowest BCUT2D eigenvalue weighted by atomic mass is 9.99. The highest BCUT2D eigenvalue weighted by Gasteiger charge is 2.25. The number of rotatable bonds is 18. The Hall–Kier alpha value is -1.39. The topological polar surface area (TPSA) is 122 Å². The van der Waals surface area contributed by atoms with Crippen molar-refractivity contribution >= 4 is 17.5 Å². The van der Waals surface area contributed by atoms with Gasteiger partial charge in [-0.15, -0.1) is 0 Å². The third-order valence-corrected chi connectivity index (χ3v) is 5.38. The van der Waals surface area contributed by atoms with Crippen LogP contribution in [0.5, 0.6) is 0 Å². The van der Waals surface area contributed by atoms with Crippen molar-refractivity contribution < 1.29 is 29.7 Å². The van der Waals surface area contributed by atoms with E-state index in [9.17, 15) is 24.6 Å². The fraction of sp³-hybridized carbons (Fsp3) is 0.857. The van der Waals surface area contributed by atoms with Gasteiger partial charge in [0, 0.05) is 19.5 Å². The number of Topliss-reactive ketones (excluding diaryl/α,β-unsaturated/α-hetero) is 2. The summed E-state index contributed by atoms with van der Waals surface area (Å²) in [6.45, 7) is 5.90. The standard InChI is InChI=1S/C21H41N3O6/c1-6-16(7-2)8-9-22(3)13-19(27)17(25)12-18(26)20(28)14-23(4)10-11-24(5)15-21(29)30/h16-18,25-26H,6-15H2,1-5H3,(H,29,30)/t17-,18+/m0/s1. The molecule has 0 bridgehead atoms. The van der Waals surface area contributed by atoms with Crippen molar-refractivity contribution in [3.05, 3.63) is 0 Å². The van der Waals surface area contributed by atoms with E-state index >= 15 is 0 Å². The zero-order chi connectivity index (χ0) is 23.3. The third kappa shape index (κ3) is 13.0. The Labute approximate surface area is 180 Å². The van der Waals surface area contributed by atoms with E-state index in [4.69, 9.17) is 5.11 Å². The van der Waals surface area contributed by atoms with Crippen LogP contribution >= 0.6 is 0 Å². The molecule has 0 aliphatic heterocycles. The van der Waals surface area contributed by atoms with Crippen molar-refractivity contribution in [2.75, 3.05) is 60.4 Å². The molecule has 0 aromatic heterocycles. The number of aliphatic carboxylic acids is 1. The van der Waals surface area contributed by atoms with E-state index in [-0.39, 0.29) is 26.1 Å². The van der Waals surface area contributed by atoms with Crippen LogP contribution in [0.25, 0.3) is 0 Å². The maximum Gasteiger partial charge on any atom is 0.317 e. The summed E-state index contributed by atoms with van der Waals surface area (Å²) >= 11 is 0. The summed E-state index contributed by atoms with van der Waals surface area (Å²) in [5.41, 5.74) is 0. The Kier molecular flexibility index (Phi) is 14.7. The summed E-state index contributed by atoms with van der Waals surface area (Å²) < 4.78 is 0. The molecule has 3 N–H and O–H groups in total. The molecular weight excluding hydrogens is 390 g/mol. The van der Waals surface area contributed by atoms with Gasteiger partial charge in [-0.2, -0.15) is 0 Å². The first-order chi connectivity index (χ1) is 14.0.